The minimum Gasteiger partial charge on any atom is -0.462 e. The molecule has 0 aromatic heterocycles. The molecule has 0 spiro atoms. The van der Waals surface area contributed by atoms with Gasteiger partial charge in [0.25, 0.3) is 0 Å². The largest absolute Gasteiger partial charge is 0.462 e. The van der Waals surface area contributed by atoms with Crippen LogP contribution in [0.1, 0.15) is 27.2 Å². The molecular formula is C9H17NO2. The third-order valence-corrected chi connectivity index (χ3v) is 1.29. The van der Waals surface area contributed by atoms with Gasteiger partial charge in [0.15, 0.2) is 0 Å². The fourth-order valence-corrected chi connectivity index (χ4v) is 0.623. The van der Waals surface area contributed by atoms with E-state index in [-0.39, 0.29) is 5.97 Å². The molecule has 0 aliphatic heterocycles. The van der Waals surface area contributed by atoms with Crippen LogP contribution in [-0.2, 0) is 9.53 Å². The Labute approximate surface area is 73.6 Å². The van der Waals surface area contributed by atoms with Gasteiger partial charge in [-0.15, -0.1) is 0 Å². The van der Waals surface area contributed by atoms with Crippen LogP contribution in [0, 0.1) is 5.92 Å². The first-order chi connectivity index (χ1) is 5.52. The maximum atomic E-state index is 10.9. The molecule has 0 aromatic carbocycles. The zero-order valence-electron chi connectivity index (χ0n) is 7.96. The number of allylic oxidation sites excluding steroid dienone is 1. The van der Waals surface area contributed by atoms with Crippen LogP contribution in [-0.4, -0.2) is 12.6 Å². The number of carbonyl (C=O) groups excluding carboxylic acids is 1. The SMILES string of the molecule is C/C(N)=C/C(=O)OCCC(C)C. The summed E-state index contributed by atoms with van der Waals surface area (Å²) < 4.78 is 4.87. The van der Waals surface area contributed by atoms with Crippen molar-refractivity contribution in [3.63, 3.8) is 0 Å². The van der Waals surface area contributed by atoms with Crippen molar-refractivity contribution < 1.29 is 9.53 Å². The van der Waals surface area contributed by atoms with Gasteiger partial charge in [0.05, 0.1) is 6.61 Å². The molecular weight excluding hydrogens is 154 g/mol. The standard InChI is InChI=1S/C9H17NO2/c1-7(2)4-5-12-9(11)6-8(3)10/h6-7H,4-5,10H2,1-3H3/b8-6-. The molecule has 3 nitrogen and oxygen atoms in total. The summed E-state index contributed by atoms with van der Waals surface area (Å²) in [4.78, 5) is 10.9. The number of esters is 1. The Morgan fingerprint density at radius 3 is 2.58 bits per heavy atom. The van der Waals surface area contributed by atoms with Gasteiger partial charge >= 0.3 is 5.97 Å². The third kappa shape index (κ3) is 7.12. The number of carbonyl (C=O) groups is 1. The van der Waals surface area contributed by atoms with Crippen molar-refractivity contribution in [2.45, 2.75) is 27.2 Å². The highest BCUT2D eigenvalue weighted by molar-refractivity contribution is 5.82. The highest BCUT2D eigenvalue weighted by Gasteiger charge is 1.99. The highest BCUT2D eigenvalue weighted by atomic mass is 16.5. The Hall–Kier alpha value is -0.990. The van der Waals surface area contributed by atoms with E-state index < -0.39 is 0 Å². The Morgan fingerprint density at radius 2 is 2.17 bits per heavy atom. The summed E-state index contributed by atoms with van der Waals surface area (Å²) >= 11 is 0. The predicted molar refractivity (Wildman–Crippen MR) is 48.4 cm³/mol. The van der Waals surface area contributed by atoms with E-state index in [4.69, 9.17) is 10.5 Å². The van der Waals surface area contributed by atoms with Gasteiger partial charge in [-0.05, 0) is 19.3 Å². The van der Waals surface area contributed by atoms with Gasteiger partial charge in [0.1, 0.15) is 0 Å². The maximum absolute atomic E-state index is 10.9. The van der Waals surface area contributed by atoms with Crippen LogP contribution in [0.5, 0.6) is 0 Å². The second-order valence-electron chi connectivity index (χ2n) is 3.24. The van der Waals surface area contributed by atoms with Gasteiger partial charge in [0, 0.05) is 11.8 Å². The van der Waals surface area contributed by atoms with Gasteiger partial charge in [-0.25, -0.2) is 4.79 Å². The summed E-state index contributed by atoms with van der Waals surface area (Å²) in [6.45, 7) is 6.29. The molecule has 0 heterocycles. The molecule has 3 heteroatoms. The molecule has 2 N–H and O–H groups in total. The lowest BCUT2D eigenvalue weighted by atomic mass is 10.1. The molecule has 0 atom stereocenters. The first kappa shape index (κ1) is 11.0. The number of ether oxygens (including phenoxy) is 1. The minimum atomic E-state index is -0.351. The summed E-state index contributed by atoms with van der Waals surface area (Å²) in [5.41, 5.74) is 5.76. The van der Waals surface area contributed by atoms with Crippen molar-refractivity contribution >= 4 is 5.97 Å². The average molecular weight is 171 g/mol. The van der Waals surface area contributed by atoms with E-state index in [0.717, 1.165) is 6.42 Å². The smallest absolute Gasteiger partial charge is 0.332 e. The first-order valence-electron chi connectivity index (χ1n) is 4.13. The highest BCUT2D eigenvalue weighted by Crippen LogP contribution is 1.99. The van der Waals surface area contributed by atoms with E-state index >= 15 is 0 Å². The first-order valence-corrected chi connectivity index (χ1v) is 4.13. The monoisotopic (exact) mass is 171 g/mol. The Bertz CT molecular complexity index is 169. The fourth-order valence-electron chi connectivity index (χ4n) is 0.623. The summed E-state index contributed by atoms with van der Waals surface area (Å²) in [5.74, 6) is 0.205. The van der Waals surface area contributed by atoms with Crippen LogP contribution in [0.15, 0.2) is 11.8 Å². The van der Waals surface area contributed by atoms with Crippen LogP contribution in [0.3, 0.4) is 0 Å². The number of nitrogens with two attached hydrogens (primary N) is 1. The molecule has 0 bridgehead atoms. The fraction of sp³-hybridized carbons (Fsp3) is 0.667. The van der Waals surface area contributed by atoms with Crippen molar-refractivity contribution in [3.8, 4) is 0 Å². The summed E-state index contributed by atoms with van der Waals surface area (Å²) in [7, 11) is 0. The molecule has 0 aliphatic carbocycles. The normalized spacial score (nSPS) is 11.8. The van der Waals surface area contributed by atoms with Crippen LogP contribution >= 0.6 is 0 Å². The average Bonchev–Trinajstić information content (AvgIpc) is 1.84. The predicted octanol–water partition coefficient (Wildman–Crippen LogP) is 1.44. The van der Waals surface area contributed by atoms with Crippen LogP contribution in [0.4, 0.5) is 0 Å². The molecule has 0 fully saturated rings. The number of rotatable bonds is 4. The number of hydrogen-bond donors (Lipinski definition) is 1. The lowest BCUT2D eigenvalue weighted by Gasteiger charge is -2.04. The minimum absolute atomic E-state index is 0.351. The van der Waals surface area contributed by atoms with Gasteiger partial charge in [-0.3, -0.25) is 0 Å². The van der Waals surface area contributed by atoms with E-state index in [1.54, 1.807) is 6.92 Å². The molecule has 0 saturated heterocycles. The van der Waals surface area contributed by atoms with E-state index in [1.165, 1.54) is 6.08 Å². The zero-order chi connectivity index (χ0) is 9.56. The van der Waals surface area contributed by atoms with Crippen molar-refractivity contribution in [2.24, 2.45) is 11.7 Å². The quantitative estimate of drug-likeness (QED) is 0.514. The van der Waals surface area contributed by atoms with E-state index in [2.05, 4.69) is 13.8 Å². The molecule has 0 aromatic rings. The molecule has 0 aliphatic rings. The summed E-state index contributed by atoms with van der Waals surface area (Å²) in [6, 6.07) is 0. The van der Waals surface area contributed by atoms with Gasteiger partial charge < -0.3 is 10.5 Å². The lowest BCUT2D eigenvalue weighted by Crippen LogP contribution is -2.06. The maximum Gasteiger partial charge on any atom is 0.332 e. The van der Waals surface area contributed by atoms with Gasteiger partial charge in [-0.2, -0.15) is 0 Å². The van der Waals surface area contributed by atoms with E-state index in [9.17, 15) is 4.79 Å². The molecule has 70 valence electrons. The van der Waals surface area contributed by atoms with Crippen molar-refractivity contribution in [3.05, 3.63) is 11.8 Å². The Balaban J connectivity index is 3.52. The molecule has 0 unspecified atom stereocenters. The van der Waals surface area contributed by atoms with E-state index in [0.29, 0.717) is 18.2 Å². The second kappa shape index (κ2) is 5.63. The van der Waals surface area contributed by atoms with Gasteiger partial charge in [-0.1, -0.05) is 13.8 Å². The molecule has 0 amide bonds. The van der Waals surface area contributed by atoms with Crippen LogP contribution in [0.25, 0.3) is 0 Å². The third-order valence-electron chi connectivity index (χ3n) is 1.29. The van der Waals surface area contributed by atoms with Crippen LogP contribution < -0.4 is 5.73 Å². The number of hydrogen-bond acceptors (Lipinski definition) is 3. The molecule has 0 rings (SSSR count). The zero-order valence-corrected chi connectivity index (χ0v) is 7.96. The van der Waals surface area contributed by atoms with Crippen molar-refractivity contribution in [1.82, 2.24) is 0 Å². The molecule has 0 saturated carbocycles. The molecule has 12 heavy (non-hydrogen) atoms. The van der Waals surface area contributed by atoms with Crippen LogP contribution in [0.2, 0.25) is 0 Å². The van der Waals surface area contributed by atoms with E-state index in [1.807, 2.05) is 0 Å². The summed E-state index contributed by atoms with van der Waals surface area (Å²) in [5, 5.41) is 0. The summed E-state index contributed by atoms with van der Waals surface area (Å²) in [6.07, 6.45) is 2.18. The van der Waals surface area contributed by atoms with Crippen molar-refractivity contribution in [1.29, 1.82) is 0 Å². The molecule has 0 radical (unpaired) electrons. The Morgan fingerprint density at radius 1 is 1.58 bits per heavy atom. The van der Waals surface area contributed by atoms with Gasteiger partial charge in [0.2, 0.25) is 0 Å². The van der Waals surface area contributed by atoms with Crippen molar-refractivity contribution in [2.75, 3.05) is 6.61 Å². The lowest BCUT2D eigenvalue weighted by molar-refractivity contribution is -0.138. The second-order valence-corrected chi connectivity index (χ2v) is 3.24. The topological polar surface area (TPSA) is 52.3 Å². The Kier molecular flexibility index (Phi) is 5.17.